The highest BCUT2D eigenvalue weighted by atomic mass is 35.5. The van der Waals surface area contributed by atoms with Crippen molar-refractivity contribution in [2.45, 2.75) is 20.0 Å². The molecule has 1 saturated heterocycles. The van der Waals surface area contributed by atoms with Crippen LogP contribution in [0.2, 0.25) is 0 Å². The molecular weight excluding hydrogens is 381 g/mol. The van der Waals surface area contributed by atoms with Crippen LogP contribution < -0.4 is 10.5 Å². The van der Waals surface area contributed by atoms with Crippen molar-refractivity contribution in [3.05, 3.63) is 45.9 Å². The molecule has 0 bridgehead atoms. The summed E-state index contributed by atoms with van der Waals surface area (Å²) in [5, 5.41) is 3.01. The lowest BCUT2D eigenvalue weighted by Gasteiger charge is -2.16. The van der Waals surface area contributed by atoms with Crippen LogP contribution in [0.25, 0.3) is 0 Å². The Morgan fingerprint density at radius 3 is 2.88 bits per heavy atom. The molecule has 1 aromatic carbocycles. The number of carbonyl (C=O) groups excluding carboxylic acids is 1. The van der Waals surface area contributed by atoms with Crippen LogP contribution in [-0.4, -0.2) is 35.4 Å². The van der Waals surface area contributed by atoms with Gasteiger partial charge in [0.25, 0.3) is 5.91 Å². The molecule has 1 amide bonds. The molecule has 0 spiro atoms. The number of aryl methyl sites for hydroxylation is 1. The normalized spacial score (nSPS) is 16.1. The molecule has 1 aliphatic rings. The van der Waals surface area contributed by atoms with Gasteiger partial charge in [-0.3, -0.25) is 4.79 Å². The maximum atomic E-state index is 12.6. The van der Waals surface area contributed by atoms with Gasteiger partial charge in [0.1, 0.15) is 12.4 Å². The molecule has 1 atom stereocenters. The molecule has 0 radical (unpaired) electrons. The van der Waals surface area contributed by atoms with E-state index >= 15 is 0 Å². The number of likely N-dealkylation sites (tertiary alicyclic amines) is 1. The van der Waals surface area contributed by atoms with Crippen LogP contribution in [-0.2, 0) is 6.61 Å². The van der Waals surface area contributed by atoms with Crippen molar-refractivity contribution in [1.82, 2.24) is 9.88 Å². The molecule has 1 aromatic heterocycles. The van der Waals surface area contributed by atoms with Crippen LogP contribution >= 0.6 is 36.2 Å². The van der Waals surface area contributed by atoms with Gasteiger partial charge in [0.2, 0.25) is 0 Å². The number of carbonyl (C=O) groups is 1. The highest BCUT2D eigenvalue weighted by Crippen LogP contribution is 2.21. The maximum absolute atomic E-state index is 12.6. The van der Waals surface area contributed by atoms with Crippen molar-refractivity contribution in [3.8, 4) is 5.75 Å². The average Bonchev–Trinajstić information content (AvgIpc) is 3.21. The molecule has 5 nitrogen and oxygen atoms in total. The fraction of sp³-hybridized carbons (Fsp3) is 0.412. The Bertz CT molecular complexity index is 696. The first-order valence-corrected chi connectivity index (χ1v) is 8.67. The van der Waals surface area contributed by atoms with Gasteiger partial charge >= 0.3 is 0 Å². The summed E-state index contributed by atoms with van der Waals surface area (Å²) in [7, 11) is 0. The van der Waals surface area contributed by atoms with E-state index in [0.717, 1.165) is 30.2 Å². The SMILES string of the molecule is Cc1nc(COc2cccc(C(=O)N3CCC(CN)C3)c2)cs1.Cl.Cl. The Labute approximate surface area is 164 Å². The number of aromatic nitrogens is 1. The van der Waals surface area contributed by atoms with Crippen molar-refractivity contribution >= 4 is 42.1 Å². The third kappa shape index (κ3) is 5.57. The van der Waals surface area contributed by atoms with Crippen LogP contribution in [0.3, 0.4) is 0 Å². The molecule has 8 heteroatoms. The predicted molar refractivity (Wildman–Crippen MR) is 105 cm³/mol. The van der Waals surface area contributed by atoms with Gasteiger partial charge in [-0.25, -0.2) is 4.98 Å². The van der Waals surface area contributed by atoms with E-state index in [1.807, 2.05) is 35.4 Å². The molecule has 2 aromatic rings. The third-order valence-corrected chi connectivity index (χ3v) is 4.86. The summed E-state index contributed by atoms with van der Waals surface area (Å²) in [5.74, 6) is 1.17. The van der Waals surface area contributed by atoms with Crippen molar-refractivity contribution in [1.29, 1.82) is 0 Å². The van der Waals surface area contributed by atoms with Crippen molar-refractivity contribution in [2.24, 2.45) is 11.7 Å². The predicted octanol–water partition coefficient (Wildman–Crippen LogP) is 3.29. The van der Waals surface area contributed by atoms with Crippen LogP contribution in [0.15, 0.2) is 29.6 Å². The number of nitrogens with zero attached hydrogens (tertiary/aromatic N) is 2. The van der Waals surface area contributed by atoms with Gasteiger partial charge < -0.3 is 15.4 Å². The first-order chi connectivity index (χ1) is 11.2. The lowest BCUT2D eigenvalue weighted by Crippen LogP contribution is -2.29. The van der Waals surface area contributed by atoms with Crippen LogP contribution in [0.1, 0.15) is 27.5 Å². The molecule has 1 unspecified atom stereocenters. The third-order valence-electron chi connectivity index (χ3n) is 4.04. The smallest absolute Gasteiger partial charge is 0.253 e. The van der Waals surface area contributed by atoms with Gasteiger partial charge in [-0.1, -0.05) is 6.07 Å². The fourth-order valence-corrected chi connectivity index (χ4v) is 3.34. The molecule has 3 rings (SSSR count). The van der Waals surface area contributed by atoms with E-state index in [0.29, 0.717) is 30.4 Å². The summed E-state index contributed by atoms with van der Waals surface area (Å²) in [5.41, 5.74) is 7.27. The largest absolute Gasteiger partial charge is 0.487 e. The molecule has 0 saturated carbocycles. The maximum Gasteiger partial charge on any atom is 0.253 e. The molecule has 25 heavy (non-hydrogen) atoms. The van der Waals surface area contributed by atoms with E-state index in [-0.39, 0.29) is 30.7 Å². The van der Waals surface area contributed by atoms with Crippen LogP contribution in [0.5, 0.6) is 5.75 Å². The summed E-state index contributed by atoms with van der Waals surface area (Å²) in [6.07, 6.45) is 0.988. The Morgan fingerprint density at radius 2 is 2.24 bits per heavy atom. The number of nitrogens with two attached hydrogens (primary N) is 1. The Morgan fingerprint density at radius 1 is 1.44 bits per heavy atom. The molecular formula is C17H23Cl2N3O2S. The summed E-state index contributed by atoms with van der Waals surface area (Å²) in [6, 6.07) is 7.35. The van der Waals surface area contributed by atoms with Crippen molar-refractivity contribution in [2.75, 3.05) is 19.6 Å². The molecule has 138 valence electrons. The Kier molecular flexibility index (Phi) is 8.65. The molecule has 2 heterocycles. The molecule has 2 N–H and O–H groups in total. The lowest BCUT2D eigenvalue weighted by atomic mass is 10.1. The number of benzene rings is 1. The monoisotopic (exact) mass is 403 g/mol. The van der Waals surface area contributed by atoms with E-state index in [1.165, 1.54) is 0 Å². The van der Waals surface area contributed by atoms with E-state index in [9.17, 15) is 4.79 Å². The summed E-state index contributed by atoms with van der Waals surface area (Å²) < 4.78 is 5.75. The molecule has 1 aliphatic heterocycles. The second-order valence-electron chi connectivity index (χ2n) is 5.82. The number of ether oxygens (including phenoxy) is 1. The number of rotatable bonds is 5. The molecule has 1 fully saturated rings. The zero-order chi connectivity index (χ0) is 16.2. The van der Waals surface area contributed by atoms with Gasteiger partial charge in [-0.2, -0.15) is 0 Å². The lowest BCUT2D eigenvalue weighted by molar-refractivity contribution is 0.0787. The van der Waals surface area contributed by atoms with E-state index < -0.39 is 0 Å². The van der Waals surface area contributed by atoms with Gasteiger partial charge in [0.15, 0.2) is 0 Å². The second kappa shape index (κ2) is 9.97. The van der Waals surface area contributed by atoms with Crippen molar-refractivity contribution < 1.29 is 9.53 Å². The van der Waals surface area contributed by atoms with E-state index in [4.69, 9.17) is 10.5 Å². The number of halogens is 2. The highest BCUT2D eigenvalue weighted by molar-refractivity contribution is 7.09. The number of hydrogen-bond acceptors (Lipinski definition) is 5. The average molecular weight is 404 g/mol. The van der Waals surface area contributed by atoms with Gasteiger partial charge in [-0.05, 0) is 44.0 Å². The summed E-state index contributed by atoms with van der Waals surface area (Å²) in [4.78, 5) is 18.8. The minimum absolute atomic E-state index is 0. The first-order valence-electron chi connectivity index (χ1n) is 7.79. The van der Waals surface area contributed by atoms with E-state index in [1.54, 1.807) is 17.4 Å². The zero-order valence-electron chi connectivity index (χ0n) is 14.0. The minimum atomic E-state index is 0. The minimum Gasteiger partial charge on any atom is -0.487 e. The number of amides is 1. The highest BCUT2D eigenvalue weighted by Gasteiger charge is 2.26. The van der Waals surface area contributed by atoms with Crippen LogP contribution in [0, 0.1) is 12.8 Å². The molecule has 0 aliphatic carbocycles. The van der Waals surface area contributed by atoms with Gasteiger partial charge in [0, 0.05) is 24.0 Å². The fourth-order valence-electron chi connectivity index (χ4n) is 2.74. The summed E-state index contributed by atoms with van der Waals surface area (Å²) >= 11 is 1.60. The van der Waals surface area contributed by atoms with Gasteiger partial charge in [-0.15, -0.1) is 36.2 Å². The Hall–Kier alpha value is -1.34. The van der Waals surface area contributed by atoms with E-state index in [2.05, 4.69) is 4.98 Å². The standard InChI is InChI=1S/C17H21N3O2S.2ClH/c1-12-19-15(11-23-12)10-22-16-4-2-3-14(7-16)17(21)20-6-5-13(8-18)9-20;;/h2-4,7,11,13H,5-6,8-10,18H2,1H3;2*1H. The zero-order valence-corrected chi connectivity index (χ0v) is 16.5. The van der Waals surface area contributed by atoms with Crippen LogP contribution in [0.4, 0.5) is 0 Å². The second-order valence-corrected chi connectivity index (χ2v) is 6.88. The topological polar surface area (TPSA) is 68.5 Å². The number of hydrogen-bond donors (Lipinski definition) is 1. The first kappa shape index (κ1) is 21.7. The summed E-state index contributed by atoms with van der Waals surface area (Å²) in [6.45, 7) is 4.56. The number of thiazole rings is 1. The van der Waals surface area contributed by atoms with Gasteiger partial charge in [0.05, 0.1) is 10.7 Å². The quantitative estimate of drug-likeness (QED) is 0.831. The Balaban J connectivity index is 0.00000156. The van der Waals surface area contributed by atoms with Crippen molar-refractivity contribution in [3.63, 3.8) is 0 Å².